The molecule has 0 unspecified atom stereocenters. The third-order valence-corrected chi connectivity index (χ3v) is 2.76. The van der Waals surface area contributed by atoms with Gasteiger partial charge in [-0.05, 0) is 29.3 Å². The molecule has 2 aromatic rings. The average Bonchev–Trinajstić information content (AvgIpc) is 2.64. The molecule has 2 rings (SSSR count). The van der Waals surface area contributed by atoms with Gasteiger partial charge in [-0.1, -0.05) is 45.9 Å². The second kappa shape index (κ2) is 12.0. The van der Waals surface area contributed by atoms with Gasteiger partial charge in [0.2, 0.25) is 0 Å². The smallest absolute Gasteiger partial charge is 0.311 e. The number of nitrogens with zero attached hydrogens (tertiary/aromatic N) is 1. The van der Waals surface area contributed by atoms with E-state index in [9.17, 15) is 14.5 Å². The molecule has 0 aliphatic rings. The number of nitro benzene ring substituents is 1. The maximum atomic E-state index is 12.8. The quantitative estimate of drug-likeness (QED) is 0.627. The van der Waals surface area contributed by atoms with Crippen LogP contribution in [0.1, 0.15) is 38.8 Å². The van der Waals surface area contributed by atoms with Crippen LogP contribution in [0.25, 0.3) is 0 Å². The van der Waals surface area contributed by atoms with Crippen molar-refractivity contribution in [3.63, 3.8) is 0 Å². The molecular formula is C18H25FN2O3. The van der Waals surface area contributed by atoms with E-state index in [-0.39, 0.29) is 30.4 Å². The molecule has 132 valence electrons. The van der Waals surface area contributed by atoms with Gasteiger partial charge in [0.1, 0.15) is 12.4 Å². The molecule has 2 N–H and O–H groups in total. The van der Waals surface area contributed by atoms with Crippen LogP contribution >= 0.6 is 0 Å². The van der Waals surface area contributed by atoms with Gasteiger partial charge in [0.05, 0.1) is 4.92 Å². The summed E-state index contributed by atoms with van der Waals surface area (Å²) in [6.45, 7) is 8.35. The monoisotopic (exact) mass is 336 g/mol. The van der Waals surface area contributed by atoms with E-state index >= 15 is 0 Å². The van der Waals surface area contributed by atoms with Crippen LogP contribution in [-0.2, 0) is 13.2 Å². The van der Waals surface area contributed by atoms with Gasteiger partial charge in [0.25, 0.3) is 0 Å². The van der Waals surface area contributed by atoms with Crippen LogP contribution in [0.3, 0.4) is 0 Å². The van der Waals surface area contributed by atoms with Gasteiger partial charge in [0, 0.05) is 12.6 Å². The van der Waals surface area contributed by atoms with Crippen molar-refractivity contribution >= 4 is 5.69 Å². The fourth-order valence-corrected chi connectivity index (χ4v) is 1.70. The minimum Gasteiger partial charge on any atom is -0.482 e. The minimum atomic E-state index is -0.515. The number of ether oxygens (including phenoxy) is 1. The van der Waals surface area contributed by atoms with Crippen LogP contribution in [0.4, 0.5) is 10.1 Å². The lowest BCUT2D eigenvalue weighted by atomic mass is 10.2. The number of halogens is 1. The second-order valence-electron chi connectivity index (χ2n) is 4.18. The Morgan fingerprint density at radius 3 is 2.08 bits per heavy atom. The van der Waals surface area contributed by atoms with Gasteiger partial charge < -0.3 is 10.5 Å². The van der Waals surface area contributed by atoms with Gasteiger partial charge >= 0.3 is 5.69 Å². The lowest BCUT2D eigenvalue weighted by Gasteiger charge is -2.08. The van der Waals surface area contributed by atoms with Crippen molar-refractivity contribution in [2.75, 3.05) is 0 Å². The minimum absolute atomic E-state index is 0.128. The summed E-state index contributed by atoms with van der Waals surface area (Å²) >= 11 is 0. The molecule has 24 heavy (non-hydrogen) atoms. The molecule has 6 heteroatoms. The lowest BCUT2D eigenvalue weighted by molar-refractivity contribution is -0.386. The summed E-state index contributed by atoms with van der Waals surface area (Å²) in [4.78, 5) is 10.5. The molecule has 5 nitrogen and oxygen atoms in total. The van der Waals surface area contributed by atoms with Gasteiger partial charge in [-0.2, -0.15) is 0 Å². The first kappa shape index (κ1) is 21.5. The maximum absolute atomic E-state index is 12.8. The van der Waals surface area contributed by atoms with Crippen LogP contribution in [0.5, 0.6) is 5.75 Å². The third kappa shape index (κ3) is 6.75. The molecule has 0 atom stereocenters. The standard InChI is InChI=1S/C14H13FN2O3.2C2H6/c15-12-4-1-10(2-5-12)9-20-14-6-3-11(8-16)7-13(14)17(18)19;2*1-2/h1-7H,8-9,16H2;2*1-2H3. The van der Waals surface area contributed by atoms with Gasteiger partial charge in [0.15, 0.2) is 5.75 Å². The predicted octanol–water partition coefficient (Wildman–Crippen LogP) is 4.82. The maximum Gasteiger partial charge on any atom is 0.311 e. The van der Waals surface area contributed by atoms with Crippen molar-refractivity contribution in [3.8, 4) is 5.75 Å². The van der Waals surface area contributed by atoms with E-state index in [4.69, 9.17) is 10.5 Å². The molecule has 0 spiro atoms. The predicted molar refractivity (Wildman–Crippen MR) is 94.4 cm³/mol. The molecule has 0 aromatic heterocycles. The Morgan fingerprint density at radius 2 is 1.58 bits per heavy atom. The van der Waals surface area contributed by atoms with E-state index in [0.29, 0.717) is 5.56 Å². The highest BCUT2D eigenvalue weighted by molar-refractivity contribution is 5.48. The van der Waals surface area contributed by atoms with E-state index in [2.05, 4.69) is 0 Å². The molecule has 0 aliphatic carbocycles. The van der Waals surface area contributed by atoms with Gasteiger partial charge in [-0.25, -0.2) is 4.39 Å². The van der Waals surface area contributed by atoms with Crippen molar-refractivity contribution < 1.29 is 14.1 Å². The van der Waals surface area contributed by atoms with Crippen molar-refractivity contribution in [3.05, 3.63) is 69.5 Å². The number of hydrogen-bond acceptors (Lipinski definition) is 4. The Bertz CT molecular complexity index is 616. The SMILES string of the molecule is CC.CC.NCc1ccc(OCc2ccc(F)cc2)c([N+](=O)[O-])c1. The van der Waals surface area contributed by atoms with Crippen molar-refractivity contribution in [1.29, 1.82) is 0 Å². The van der Waals surface area contributed by atoms with Gasteiger partial charge in [-0.15, -0.1) is 0 Å². The molecule has 0 heterocycles. The Labute approximate surface area is 142 Å². The molecule has 0 radical (unpaired) electrons. The molecule has 0 aliphatic heterocycles. The zero-order valence-corrected chi connectivity index (χ0v) is 14.6. The number of benzene rings is 2. The summed E-state index contributed by atoms with van der Waals surface area (Å²) in [5, 5.41) is 11.0. The summed E-state index contributed by atoms with van der Waals surface area (Å²) in [6.07, 6.45) is 0. The average molecular weight is 336 g/mol. The van der Waals surface area contributed by atoms with E-state index < -0.39 is 4.92 Å². The molecular weight excluding hydrogens is 311 g/mol. The first-order valence-electron chi connectivity index (χ1n) is 7.95. The molecule has 0 amide bonds. The first-order valence-corrected chi connectivity index (χ1v) is 7.95. The highest BCUT2D eigenvalue weighted by atomic mass is 19.1. The Hall–Kier alpha value is -2.47. The topological polar surface area (TPSA) is 78.4 Å². The summed E-state index contributed by atoms with van der Waals surface area (Å²) in [6, 6.07) is 10.3. The summed E-state index contributed by atoms with van der Waals surface area (Å²) in [7, 11) is 0. The number of rotatable bonds is 5. The largest absolute Gasteiger partial charge is 0.482 e. The zero-order chi connectivity index (χ0) is 18.5. The van der Waals surface area contributed by atoms with Crippen LogP contribution in [-0.4, -0.2) is 4.92 Å². The van der Waals surface area contributed by atoms with Crippen LogP contribution in [0.15, 0.2) is 42.5 Å². The Kier molecular flexibility index (Phi) is 10.8. The normalized spacial score (nSPS) is 9.08. The van der Waals surface area contributed by atoms with E-state index in [1.807, 2.05) is 27.7 Å². The highest BCUT2D eigenvalue weighted by Crippen LogP contribution is 2.28. The molecule has 0 saturated carbocycles. The Morgan fingerprint density at radius 1 is 1.04 bits per heavy atom. The van der Waals surface area contributed by atoms with Crippen molar-refractivity contribution in [2.24, 2.45) is 5.73 Å². The number of hydrogen-bond donors (Lipinski definition) is 1. The first-order chi connectivity index (χ1) is 11.6. The molecule has 2 aromatic carbocycles. The van der Waals surface area contributed by atoms with Crippen molar-refractivity contribution in [2.45, 2.75) is 40.8 Å². The number of nitro groups is 1. The van der Waals surface area contributed by atoms with E-state index in [1.54, 1.807) is 18.2 Å². The Balaban J connectivity index is 0.00000123. The summed E-state index contributed by atoms with van der Waals surface area (Å²) in [5.74, 6) is -0.177. The van der Waals surface area contributed by atoms with Crippen LogP contribution in [0.2, 0.25) is 0 Å². The zero-order valence-electron chi connectivity index (χ0n) is 14.6. The lowest BCUT2D eigenvalue weighted by Crippen LogP contribution is -2.02. The van der Waals surface area contributed by atoms with E-state index in [0.717, 1.165) is 5.56 Å². The highest BCUT2D eigenvalue weighted by Gasteiger charge is 2.15. The third-order valence-electron chi connectivity index (χ3n) is 2.76. The van der Waals surface area contributed by atoms with Gasteiger partial charge in [-0.3, -0.25) is 10.1 Å². The van der Waals surface area contributed by atoms with Crippen LogP contribution in [0, 0.1) is 15.9 Å². The summed E-state index contributed by atoms with van der Waals surface area (Å²) in [5.41, 5.74) is 6.70. The summed E-state index contributed by atoms with van der Waals surface area (Å²) < 4.78 is 18.2. The fraction of sp³-hybridized carbons (Fsp3) is 0.333. The molecule has 0 saturated heterocycles. The number of nitrogens with two attached hydrogens (primary N) is 1. The van der Waals surface area contributed by atoms with Crippen molar-refractivity contribution in [1.82, 2.24) is 0 Å². The van der Waals surface area contributed by atoms with Crippen LogP contribution < -0.4 is 10.5 Å². The molecule has 0 fully saturated rings. The fourth-order valence-electron chi connectivity index (χ4n) is 1.70. The molecule has 0 bridgehead atoms. The second-order valence-corrected chi connectivity index (χ2v) is 4.18. The van der Waals surface area contributed by atoms with E-state index in [1.165, 1.54) is 24.3 Å².